The molecule has 0 aliphatic carbocycles. The lowest BCUT2D eigenvalue weighted by molar-refractivity contribution is 0.100. The summed E-state index contributed by atoms with van der Waals surface area (Å²) in [6, 6.07) is 3.17. The van der Waals surface area contributed by atoms with Crippen LogP contribution in [0.3, 0.4) is 0 Å². The van der Waals surface area contributed by atoms with Gasteiger partial charge in [0.15, 0.2) is 0 Å². The molecule has 1 aromatic carbocycles. The van der Waals surface area contributed by atoms with Gasteiger partial charge in [0.05, 0.1) is 23.9 Å². The number of ether oxygens (including phenoxy) is 1. The highest BCUT2D eigenvalue weighted by Crippen LogP contribution is 2.37. The Kier molecular flexibility index (Phi) is 3.16. The van der Waals surface area contributed by atoms with E-state index in [9.17, 15) is 4.79 Å². The van der Waals surface area contributed by atoms with Crippen molar-refractivity contribution in [3.05, 3.63) is 29.2 Å². The first-order valence-corrected chi connectivity index (χ1v) is 5.66. The van der Waals surface area contributed by atoms with Gasteiger partial charge in [0.1, 0.15) is 11.5 Å². The average Bonchev–Trinajstić information content (AvgIpc) is 2.68. The fourth-order valence-electron chi connectivity index (χ4n) is 2.04. The maximum Gasteiger partial charge on any atom is 0.250 e. The number of hydrogen-bond donors (Lipinski definition) is 2. The molecule has 0 aliphatic heterocycles. The number of carbonyl (C=O) groups excluding carboxylic acids is 1. The van der Waals surface area contributed by atoms with Crippen molar-refractivity contribution < 1.29 is 14.1 Å². The van der Waals surface area contributed by atoms with Crippen LogP contribution in [0.25, 0.3) is 11.1 Å². The van der Waals surface area contributed by atoms with Crippen molar-refractivity contribution in [3.8, 4) is 16.9 Å². The third kappa shape index (κ3) is 2.12. The first-order valence-electron chi connectivity index (χ1n) is 5.66. The maximum atomic E-state index is 11.4. The predicted octanol–water partition coefficient (Wildman–Crippen LogP) is 1.65. The minimum atomic E-state index is -0.590. The second-order valence-corrected chi connectivity index (χ2v) is 4.20. The number of anilines is 1. The Bertz CT molecular complexity index is 627. The molecule has 100 valence electrons. The van der Waals surface area contributed by atoms with Gasteiger partial charge in [-0.2, -0.15) is 0 Å². The molecular formula is C13H15N3O3. The molecule has 0 spiro atoms. The molecule has 0 unspecified atom stereocenters. The van der Waals surface area contributed by atoms with Crippen molar-refractivity contribution in [2.24, 2.45) is 5.73 Å². The molecule has 1 heterocycles. The maximum absolute atomic E-state index is 11.4. The predicted molar refractivity (Wildman–Crippen MR) is 70.9 cm³/mol. The van der Waals surface area contributed by atoms with E-state index in [-0.39, 0.29) is 11.3 Å². The van der Waals surface area contributed by atoms with E-state index < -0.39 is 5.91 Å². The van der Waals surface area contributed by atoms with Crippen LogP contribution in [0.2, 0.25) is 0 Å². The summed E-state index contributed by atoms with van der Waals surface area (Å²) in [7, 11) is 1.53. The molecule has 0 bridgehead atoms. The molecule has 0 saturated heterocycles. The van der Waals surface area contributed by atoms with E-state index >= 15 is 0 Å². The zero-order valence-corrected chi connectivity index (χ0v) is 11.0. The minimum absolute atomic E-state index is 0.246. The van der Waals surface area contributed by atoms with Gasteiger partial charge in [0, 0.05) is 17.3 Å². The number of rotatable bonds is 3. The van der Waals surface area contributed by atoms with Gasteiger partial charge in [0.2, 0.25) is 0 Å². The van der Waals surface area contributed by atoms with E-state index in [0.717, 1.165) is 5.56 Å². The van der Waals surface area contributed by atoms with Gasteiger partial charge in [-0.1, -0.05) is 5.16 Å². The molecule has 0 radical (unpaired) electrons. The standard InChI is InChI=1S/C13H15N3O3/c1-6-12(7(2)19-16-6)9-4-8(13(15)17)10(14)5-11(9)18-3/h4-5H,14H2,1-3H3,(H2,15,17). The first kappa shape index (κ1) is 12.9. The SMILES string of the molecule is COc1cc(N)c(C(N)=O)cc1-c1c(C)noc1C. The molecule has 6 heteroatoms. The number of nitrogens with zero attached hydrogens (tertiary/aromatic N) is 1. The number of amides is 1. The van der Waals surface area contributed by atoms with Crippen LogP contribution in [-0.2, 0) is 0 Å². The number of nitrogens with two attached hydrogens (primary N) is 2. The van der Waals surface area contributed by atoms with E-state index in [1.807, 2.05) is 6.92 Å². The Morgan fingerprint density at radius 3 is 2.53 bits per heavy atom. The van der Waals surface area contributed by atoms with Gasteiger partial charge in [-0.15, -0.1) is 0 Å². The molecule has 1 aromatic heterocycles. The molecule has 2 rings (SSSR count). The quantitative estimate of drug-likeness (QED) is 0.817. The molecule has 0 atom stereocenters. The number of primary amides is 1. The number of carbonyl (C=O) groups is 1. The number of aryl methyl sites for hydroxylation is 2. The van der Waals surface area contributed by atoms with Crippen LogP contribution in [0.1, 0.15) is 21.8 Å². The van der Waals surface area contributed by atoms with Crippen LogP contribution in [0, 0.1) is 13.8 Å². The summed E-state index contributed by atoms with van der Waals surface area (Å²) in [4.78, 5) is 11.4. The second kappa shape index (κ2) is 4.64. The minimum Gasteiger partial charge on any atom is -0.496 e. The highest BCUT2D eigenvalue weighted by atomic mass is 16.5. The lowest BCUT2D eigenvalue weighted by atomic mass is 9.99. The van der Waals surface area contributed by atoms with Crippen molar-refractivity contribution in [1.82, 2.24) is 5.16 Å². The van der Waals surface area contributed by atoms with E-state index in [0.29, 0.717) is 22.8 Å². The molecule has 1 amide bonds. The fourth-order valence-corrected chi connectivity index (χ4v) is 2.04. The normalized spacial score (nSPS) is 10.5. The summed E-state index contributed by atoms with van der Waals surface area (Å²) in [6.45, 7) is 3.60. The smallest absolute Gasteiger partial charge is 0.250 e. The van der Waals surface area contributed by atoms with Crippen LogP contribution in [0.15, 0.2) is 16.7 Å². The summed E-state index contributed by atoms with van der Waals surface area (Å²) < 4.78 is 10.4. The Labute approximate surface area is 110 Å². The third-order valence-electron chi connectivity index (χ3n) is 2.94. The van der Waals surface area contributed by atoms with Gasteiger partial charge < -0.3 is 20.7 Å². The highest BCUT2D eigenvalue weighted by molar-refractivity contribution is 6.00. The summed E-state index contributed by atoms with van der Waals surface area (Å²) in [6.07, 6.45) is 0. The zero-order valence-electron chi connectivity index (χ0n) is 11.0. The van der Waals surface area contributed by atoms with E-state index in [2.05, 4.69) is 5.16 Å². The number of hydrogen-bond acceptors (Lipinski definition) is 5. The molecule has 0 aliphatic rings. The number of aromatic nitrogens is 1. The highest BCUT2D eigenvalue weighted by Gasteiger charge is 2.19. The van der Waals surface area contributed by atoms with Crippen molar-refractivity contribution in [3.63, 3.8) is 0 Å². The Morgan fingerprint density at radius 1 is 1.37 bits per heavy atom. The molecule has 0 saturated carbocycles. The average molecular weight is 261 g/mol. The van der Waals surface area contributed by atoms with Gasteiger partial charge in [-0.05, 0) is 19.9 Å². The van der Waals surface area contributed by atoms with Crippen molar-refractivity contribution in [2.45, 2.75) is 13.8 Å². The zero-order chi connectivity index (χ0) is 14.2. The number of benzene rings is 1. The third-order valence-corrected chi connectivity index (χ3v) is 2.94. The molecular weight excluding hydrogens is 246 g/mol. The van der Waals surface area contributed by atoms with Gasteiger partial charge in [-0.3, -0.25) is 4.79 Å². The summed E-state index contributed by atoms with van der Waals surface area (Å²) in [5, 5.41) is 3.89. The molecule has 4 N–H and O–H groups in total. The molecule has 0 fully saturated rings. The lowest BCUT2D eigenvalue weighted by Crippen LogP contribution is -2.14. The Balaban J connectivity index is 2.75. The van der Waals surface area contributed by atoms with Crippen molar-refractivity contribution in [1.29, 1.82) is 0 Å². The summed E-state index contributed by atoms with van der Waals surface area (Å²) in [5.41, 5.74) is 13.8. The monoisotopic (exact) mass is 261 g/mol. The second-order valence-electron chi connectivity index (χ2n) is 4.20. The van der Waals surface area contributed by atoms with Crippen molar-refractivity contribution >= 4 is 11.6 Å². The Hall–Kier alpha value is -2.50. The first-order chi connectivity index (χ1) is 8.95. The largest absolute Gasteiger partial charge is 0.496 e. The lowest BCUT2D eigenvalue weighted by Gasteiger charge is -2.11. The van der Waals surface area contributed by atoms with Gasteiger partial charge in [-0.25, -0.2) is 0 Å². The van der Waals surface area contributed by atoms with Gasteiger partial charge >= 0.3 is 0 Å². The van der Waals surface area contributed by atoms with Crippen LogP contribution >= 0.6 is 0 Å². The van der Waals surface area contributed by atoms with E-state index in [1.165, 1.54) is 7.11 Å². The molecule has 6 nitrogen and oxygen atoms in total. The van der Waals surface area contributed by atoms with Crippen LogP contribution in [0.5, 0.6) is 5.75 Å². The van der Waals surface area contributed by atoms with Crippen LogP contribution in [-0.4, -0.2) is 18.2 Å². The molecule has 19 heavy (non-hydrogen) atoms. The van der Waals surface area contributed by atoms with Crippen LogP contribution in [0.4, 0.5) is 5.69 Å². The fraction of sp³-hybridized carbons (Fsp3) is 0.231. The number of methoxy groups -OCH3 is 1. The topological polar surface area (TPSA) is 104 Å². The van der Waals surface area contributed by atoms with Gasteiger partial charge in [0.25, 0.3) is 5.91 Å². The molecule has 2 aromatic rings. The number of nitrogen functional groups attached to an aromatic ring is 1. The summed E-state index contributed by atoms with van der Waals surface area (Å²) in [5.74, 6) is 0.584. The Morgan fingerprint density at radius 2 is 2.05 bits per heavy atom. The van der Waals surface area contributed by atoms with E-state index in [4.69, 9.17) is 20.7 Å². The van der Waals surface area contributed by atoms with E-state index in [1.54, 1.807) is 19.1 Å². The summed E-state index contributed by atoms with van der Waals surface area (Å²) >= 11 is 0. The van der Waals surface area contributed by atoms with Crippen LogP contribution < -0.4 is 16.2 Å². The van der Waals surface area contributed by atoms with Crippen molar-refractivity contribution in [2.75, 3.05) is 12.8 Å².